The standard InChI is InChI=1S/C7H13BO2/c1-4-7(2)3-5(9-4)6(8)10-7/h4-6H,3,8H2,1-2H3/t4-,5?,6?,7-/m0/s1. The van der Waals surface area contributed by atoms with Crippen molar-refractivity contribution in [2.45, 2.75) is 44.1 Å². The van der Waals surface area contributed by atoms with Crippen molar-refractivity contribution in [3.05, 3.63) is 0 Å². The zero-order valence-corrected chi connectivity index (χ0v) is 6.76. The highest BCUT2D eigenvalue weighted by atomic mass is 16.6. The lowest BCUT2D eigenvalue weighted by atomic mass is 9.94. The van der Waals surface area contributed by atoms with E-state index in [0.29, 0.717) is 12.1 Å². The van der Waals surface area contributed by atoms with Crippen LogP contribution in [0.2, 0.25) is 0 Å². The highest BCUT2D eigenvalue weighted by Crippen LogP contribution is 2.42. The van der Waals surface area contributed by atoms with Gasteiger partial charge in [0, 0.05) is 6.42 Å². The molecule has 0 radical (unpaired) electrons. The van der Waals surface area contributed by atoms with Gasteiger partial charge in [0.15, 0.2) is 0 Å². The average Bonchev–Trinajstić information content (AvgIpc) is 2.20. The monoisotopic (exact) mass is 140 g/mol. The molecule has 2 bridgehead atoms. The van der Waals surface area contributed by atoms with Crippen molar-refractivity contribution < 1.29 is 9.47 Å². The van der Waals surface area contributed by atoms with Gasteiger partial charge in [0.1, 0.15) is 7.85 Å². The molecule has 0 aromatic rings. The van der Waals surface area contributed by atoms with Gasteiger partial charge in [-0.3, -0.25) is 0 Å². The van der Waals surface area contributed by atoms with E-state index >= 15 is 0 Å². The quantitative estimate of drug-likeness (QED) is 0.438. The molecule has 2 heterocycles. The van der Waals surface area contributed by atoms with Crippen LogP contribution in [0.15, 0.2) is 0 Å². The van der Waals surface area contributed by atoms with Crippen molar-refractivity contribution >= 4 is 7.85 Å². The molecule has 0 amide bonds. The summed E-state index contributed by atoms with van der Waals surface area (Å²) in [6.07, 6.45) is 1.73. The maximum atomic E-state index is 5.73. The van der Waals surface area contributed by atoms with E-state index in [2.05, 4.69) is 21.7 Å². The highest BCUT2D eigenvalue weighted by Gasteiger charge is 2.52. The van der Waals surface area contributed by atoms with Crippen molar-refractivity contribution in [3.8, 4) is 0 Å². The first-order valence-corrected chi connectivity index (χ1v) is 3.95. The molecule has 2 aliphatic heterocycles. The van der Waals surface area contributed by atoms with Gasteiger partial charge in [-0.15, -0.1) is 0 Å². The molecular formula is C7H13BO2. The van der Waals surface area contributed by atoms with Gasteiger partial charge >= 0.3 is 0 Å². The lowest BCUT2D eigenvalue weighted by Gasteiger charge is -2.31. The molecule has 2 aliphatic rings. The van der Waals surface area contributed by atoms with Crippen LogP contribution in [-0.2, 0) is 9.47 Å². The molecule has 2 nitrogen and oxygen atoms in total. The van der Waals surface area contributed by atoms with Crippen LogP contribution in [0.5, 0.6) is 0 Å². The molecule has 2 fully saturated rings. The molecular weight excluding hydrogens is 127 g/mol. The second-order valence-electron chi connectivity index (χ2n) is 3.66. The highest BCUT2D eigenvalue weighted by molar-refractivity contribution is 6.11. The predicted molar refractivity (Wildman–Crippen MR) is 40.8 cm³/mol. The van der Waals surface area contributed by atoms with Gasteiger partial charge in [0.2, 0.25) is 0 Å². The molecule has 10 heavy (non-hydrogen) atoms. The number of fused-ring (bicyclic) bond motifs is 2. The molecule has 0 aromatic carbocycles. The Kier molecular flexibility index (Phi) is 1.18. The first kappa shape index (κ1) is 6.68. The summed E-state index contributed by atoms with van der Waals surface area (Å²) in [6, 6.07) is 0.307. The summed E-state index contributed by atoms with van der Waals surface area (Å²) in [5.41, 5.74) is 0.0179. The summed E-state index contributed by atoms with van der Waals surface area (Å²) in [5.74, 6) is 0. The minimum atomic E-state index is 0.0179. The maximum Gasteiger partial charge on any atom is 0.142 e. The summed E-state index contributed by atoms with van der Waals surface area (Å²) in [6.45, 7) is 4.23. The summed E-state index contributed by atoms with van der Waals surface area (Å²) < 4.78 is 11.4. The number of rotatable bonds is 0. The lowest BCUT2D eigenvalue weighted by molar-refractivity contribution is -0.145. The average molecular weight is 140 g/mol. The van der Waals surface area contributed by atoms with Gasteiger partial charge in [-0.1, -0.05) is 0 Å². The summed E-state index contributed by atoms with van der Waals surface area (Å²) in [4.78, 5) is 0. The SMILES string of the molecule is BC1O[C@@]2(C)CC1O[C@H]2C. The number of hydrogen-bond donors (Lipinski definition) is 0. The fourth-order valence-electron chi connectivity index (χ4n) is 1.94. The molecule has 0 N–H and O–H groups in total. The van der Waals surface area contributed by atoms with Gasteiger partial charge < -0.3 is 9.47 Å². The lowest BCUT2D eigenvalue weighted by Crippen LogP contribution is -2.41. The van der Waals surface area contributed by atoms with Crippen molar-refractivity contribution in [1.82, 2.24) is 0 Å². The van der Waals surface area contributed by atoms with E-state index in [1.165, 1.54) is 0 Å². The van der Waals surface area contributed by atoms with Crippen molar-refractivity contribution in [2.24, 2.45) is 0 Å². The molecule has 2 saturated heterocycles. The Morgan fingerprint density at radius 1 is 1.60 bits per heavy atom. The largest absolute Gasteiger partial charge is 0.376 e. The Labute approximate surface area is 62.3 Å². The Bertz CT molecular complexity index is 158. The van der Waals surface area contributed by atoms with Gasteiger partial charge in [0.25, 0.3) is 0 Å². The number of hydrogen-bond acceptors (Lipinski definition) is 2. The Morgan fingerprint density at radius 2 is 2.30 bits per heavy atom. The summed E-state index contributed by atoms with van der Waals surface area (Å²) in [7, 11) is 2.09. The normalized spacial score (nSPS) is 59.6. The van der Waals surface area contributed by atoms with E-state index in [0.717, 1.165) is 6.42 Å². The fraction of sp³-hybridized carbons (Fsp3) is 1.00. The van der Waals surface area contributed by atoms with Crippen LogP contribution in [-0.4, -0.2) is 31.7 Å². The molecule has 0 spiro atoms. The minimum Gasteiger partial charge on any atom is -0.376 e. The third kappa shape index (κ3) is 0.677. The van der Waals surface area contributed by atoms with Crippen LogP contribution in [0.1, 0.15) is 20.3 Å². The van der Waals surface area contributed by atoms with E-state index in [1.807, 2.05) is 0 Å². The van der Waals surface area contributed by atoms with Crippen LogP contribution < -0.4 is 0 Å². The second-order valence-corrected chi connectivity index (χ2v) is 3.66. The van der Waals surface area contributed by atoms with Gasteiger partial charge in [-0.2, -0.15) is 0 Å². The van der Waals surface area contributed by atoms with Crippen LogP contribution in [0.25, 0.3) is 0 Å². The molecule has 3 heteroatoms. The molecule has 0 aliphatic carbocycles. The Balaban J connectivity index is 2.21. The van der Waals surface area contributed by atoms with E-state index in [4.69, 9.17) is 9.47 Å². The minimum absolute atomic E-state index is 0.0179. The van der Waals surface area contributed by atoms with Crippen LogP contribution in [0, 0.1) is 0 Å². The molecule has 4 atom stereocenters. The predicted octanol–water partition coefficient (Wildman–Crippen LogP) is -0.0881. The third-order valence-corrected chi connectivity index (χ3v) is 2.82. The zero-order valence-electron chi connectivity index (χ0n) is 6.76. The Morgan fingerprint density at radius 3 is 2.60 bits per heavy atom. The number of ether oxygens (including phenoxy) is 2. The van der Waals surface area contributed by atoms with Crippen molar-refractivity contribution in [2.75, 3.05) is 0 Å². The summed E-state index contributed by atoms with van der Waals surface area (Å²) >= 11 is 0. The van der Waals surface area contributed by atoms with E-state index in [9.17, 15) is 0 Å². The van der Waals surface area contributed by atoms with Crippen LogP contribution >= 0.6 is 0 Å². The Hall–Kier alpha value is -0.0151. The molecule has 56 valence electrons. The first-order valence-electron chi connectivity index (χ1n) is 3.95. The van der Waals surface area contributed by atoms with Crippen molar-refractivity contribution in [1.29, 1.82) is 0 Å². The van der Waals surface area contributed by atoms with Crippen molar-refractivity contribution in [3.63, 3.8) is 0 Å². The fourth-order valence-corrected chi connectivity index (χ4v) is 1.94. The molecule has 2 rings (SSSR count). The second kappa shape index (κ2) is 1.77. The molecule has 0 saturated carbocycles. The van der Waals surface area contributed by atoms with Crippen LogP contribution in [0.4, 0.5) is 0 Å². The van der Waals surface area contributed by atoms with Gasteiger partial charge in [-0.25, -0.2) is 0 Å². The topological polar surface area (TPSA) is 18.5 Å². The van der Waals surface area contributed by atoms with E-state index in [-0.39, 0.29) is 11.7 Å². The van der Waals surface area contributed by atoms with Crippen LogP contribution in [0.3, 0.4) is 0 Å². The smallest absolute Gasteiger partial charge is 0.142 e. The van der Waals surface area contributed by atoms with Gasteiger partial charge in [0.05, 0.1) is 23.8 Å². The maximum absolute atomic E-state index is 5.73. The molecule has 2 unspecified atom stereocenters. The first-order chi connectivity index (χ1) is 4.62. The molecule has 0 aromatic heterocycles. The third-order valence-electron chi connectivity index (χ3n) is 2.82. The van der Waals surface area contributed by atoms with Gasteiger partial charge in [-0.05, 0) is 13.8 Å². The zero-order chi connectivity index (χ0) is 7.35. The summed E-state index contributed by atoms with van der Waals surface area (Å²) in [5, 5.41) is 0. The van der Waals surface area contributed by atoms with E-state index in [1.54, 1.807) is 0 Å². The van der Waals surface area contributed by atoms with E-state index < -0.39 is 0 Å².